The van der Waals surface area contributed by atoms with Crippen molar-refractivity contribution in [2.75, 3.05) is 18.5 Å². The van der Waals surface area contributed by atoms with E-state index in [9.17, 15) is 14.7 Å². The van der Waals surface area contributed by atoms with Crippen LogP contribution in [-0.4, -0.2) is 41.3 Å². The van der Waals surface area contributed by atoms with Gasteiger partial charge in [0.2, 0.25) is 5.78 Å². The molecule has 0 fully saturated rings. The Morgan fingerprint density at radius 1 is 1.21 bits per heavy atom. The van der Waals surface area contributed by atoms with E-state index < -0.39 is 24.5 Å². The van der Waals surface area contributed by atoms with Crippen molar-refractivity contribution in [2.45, 2.75) is 6.10 Å². The Balaban J connectivity index is 2.07. The minimum Gasteiger partial charge on any atom is -0.491 e. The molecular formula is C19H16Cl2N2O6. The van der Waals surface area contributed by atoms with Gasteiger partial charge in [0.1, 0.15) is 29.7 Å². The summed E-state index contributed by atoms with van der Waals surface area (Å²) in [6.45, 7) is -0.594. The van der Waals surface area contributed by atoms with Crippen molar-refractivity contribution in [1.29, 1.82) is 0 Å². The zero-order valence-corrected chi connectivity index (χ0v) is 16.3. The summed E-state index contributed by atoms with van der Waals surface area (Å²) < 4.78 is 11.0. The number of aliphatic hydroxyl groups is 2. The third-order valence-corrected chi connectivity index (χ3v) is 4.59. The first-order chi connectivity index (χ1) is 13.8. The van der Waals surface area contributed by atoms with E-state index in [1.54, 1.807) is 18.2 Å². The first-order valence-corrected chi connectivity index (χ1v) is 9.10. The van der Waals surface area contributed by atoms with Crippen LogP contribution in [0, 0.1) is 0 Å². The number of nitrogens with one attached hydrogen (secondary N) is 1. The minimum absolute atomic E-state index is 0.0185. The highest BCUT2D eigenvalue weighted by molar-refractivity contribution is 6.41. The van der Waals surface area contributed by atoms with E-state index in [4.69, 9.17) is 43.2 Å². The molecule has 1 atom stereocenters. The number of ether oxygens (including phenoxy) is 1. The summed E-state index contributed by atoms with van der Waals surface area (Å²) in [6, 6.07) is 8.27. The van der Waals surface area contributed by atoms with Crippen LogP contribution >= 0.6 is 23.2 Å². The molecule has 1 aromatic heterocycles. The lowest BCUT2D eigenvalue weighted by Gasteiger charge is -2.09. The summed E-state index contributed by atoms with van der Waals surface area (Å²) in [6.07, 6.45) is -1.05. The number of aliphatic hydroxyl groups excluding tert-OH is 2. The lowest BCUT2D eigenvalue weighted by atomic mass is 10.1. The monoisotopic (exact) mass is 438 g/mol. The molecule has 0 radical (unpaired) electrons. The molecule has 5 N–H and O–H groups in total. The van der Waals surface area contributed by atoms with Gasteiger partial charge in [-0.1, -0.05) is 29.3 Å². The number of furan rings is 1. The number of amides is 2. The number of primary amides is 1. The summed E-state index contributed by atoms with van der Waals surface area (Å²) in [5.41, 5.74) is 5.54. The number of anilines is 1. The Hall–Kier alpha value is -2.78. The van der Waals surface area contributed by atoms with Crippen molar-refractivity contribution in [1.82, 2.24) is 0 Å². The highest BCUT2D eigenvalue weighted by Crippen LogP contribution is 2.37. The van der Waals surface area contributed by atoms with Crippen molar-refractivity contribution >= 4 is 51.7 Å². The second-order valence-corrected chi connectivity index (χ2v) is 6.84. The number of carbonyl (C=O) groups excluding carboxylic acids is 2. The molecule has 2 aromatic carbocycles. The Kier molecular flexibility index (Phi) is 6.29. The van der Waals surface area contributed by atoms with Crippen LogP contribution in [0.15, 0.2) is 40.8 Å². The number of fused-ring (bicyclic) bond motifs is 1. The fourth-order valence-electron chi connectivity index (χ4n) is 2.65. The van der Waals surface area contributed by atoms with Crippen LogP contribution in [0.3, 0.4) is 0 Å². The van der Waals surface area contributed by atoms with Crippen molar-refractivity contribution in [3.05, 3.63) is 57.8 Å². The predicted octanol–water partition coefficient (Wildman–Crippen LogP) is 3.19. The van der Waals surface area contributed by atoms with Crippen molar-refractivity contribution in [2.24, 2.45) is 5.73 Å². The molecule has 0 bridgehead atoms. The molecule has 10 heteroatoms. The van der Waals surface area contributed by atoms with E-state index in [0.29, 0.717) is 11.1 Å². The van der Waals surface area contributed by atoms with Crippen LogP contribution in [0.2, 0.25) is 10.0 Å². The number of benzene rings is 2. The van der Waals surface area contributed by atoms with Gasteiger partial charge in [0.05, 0.1) is 22.2 Å². The van der Waals surface area contributed by atoms with Gasteiger partial charge in [-0.25, -0.2) is 4.79 Å². The van der Waals surface area contributed by atoms with E-state index in [0.717, 1.165) is 0 Å². The lowest BCUT2D eigenvalue weighted by Crippen LogP contribution is -2.21. The van der Waals surface area contributed by atoms with E-state index in [2.05, 4.69) is 5.32 Å². The Morgan fingerprint density at radius 3 is 2.52 bits per heavy atom. The molecule has 0 aliphatic rings. The maximum absolute atomic E-state index is 13.1. The average molecular weight is 439 g/mol. The molecule has 152 valence electrons. The standard InChI is InChI=1S/C19H16Cl2N2O6/c20-12-2-1-3-13(21)15(12)17(26)18-16(23-19(22)27)11-5-4-10(6-14(11)29-18)28-8-9(25)7-24/h1-6,9,24-25H,7-8H2,(H3,22,23,27). The highest BCUT2D eigenvalue weighted by Gasteiger charge is 2.26. The molecule has 1 unspecified atom stereocenters. The van der Waals surface area contributed by atoms with Gasteiger partial charge in [-0.3, -0.25) is 4.79 Å². The van der Waals surface area contributed by atoms with Gasteiger partial charge < -0.3 is 30.4 Å². The number of carbonyl (C=O) groups is 2. The van der Waals surface area contributed by atoms with Gasteiger partial charge in [-0.2, -0.15) is 0 Å². The lowest BCUT2D eigenvalue weighted by molar-refractivity contribution is 0.0536. The molecule has 0 saturated heterocycles. The van der Waals surface area contributed by atoms with Gasteiger partial charge in [-0.15, -0.1) is 0 Å². The average Bonchev–Trinajstić information content (AvgIpc) is 3.03. The predicted molar refractivity (Wildman–Crippen MR) is 108 cm³/mol. The van der Waals surface area contributed by atoms with Crippen LogP contribution in [0.25, 0.3) is 11.0 Å². The smallest absolute Gasteiger partial charge is 0.316 e. The fraction of sp³-hybridized carbons (Fsp3) is 0.158. The van der Waals surface area contributed by atoms with Crippen LogP contribution in [-0.2, 0) is 0 Å². The van der Waals surface area contributed by atoms with E-state index in [1.165, 1.54) is 18.2 Å². The molecule has 29 heavy (non-hydrogen) atoms. The molecule has 0 spiro atoms. The number of hydrogen-bond acceptors (Lipinski definition) is 6. The fourth-order valence-corrected chi connectivity index (χ4v) is 3.22. The largest absolute Gasteiger partial charge is 0.491 e. The molecular weight excluding hydrogens is 423 g/mol. The maximum atomic E-state index is 13.1. The zero-order valence-electron chi connectivity index (χ0n) is 14.8. The minimum atomic E-state index is -1.05. The van der Waals surface area contributed by atoms with Gasteiger partial charge >= 0.3 is 6.03 Å². The van der Waals surface area contributed by atoms with Crippen LogP contribution in [0.1, 0.15) is 16.1 Å². The third-order valence-electron chi connectivity index (χ3n) is 3.96. The first kappa shape index (κ1) is 20.9. The third kappa shape index (κ3) is 4.46. The van der Waals surface area contributed by atoms with Crippen LogP contribution in [0.5, 0.6) is 5.75 Å². The van der Waals surface area contributed by atoms with Crippen molar-refractivity contribution in [3.63, 3.8) is 0 Å². The van der Waals surface area contributed by atoms with Crippen LogP contribution in [0.4, 0.5) is 10.5 Å². The maximum Gasteiger partial charge on any atom is 0.316 e. The molecule has 8 nitrogen and oxygen atoms in total. The van der Waals surface area contributed by atoms with E-state index in [-0.39, 0.29) is 39.2 Å². The number of halogens is 2. The van der Waals surface area contributed by atoms with E-state index >= 15 is 0 Å². The summed E-state index contributed by atoms with van der Waals surface area (Å²) in [7, 11) is 0. The number of hydrogen-bond donors (Lipinski definition) is 4. The number of nitrogens with two attached hydrogens (primary N) is 1. The quantitative estimate of drug-likeness (QED) is 0.418. The van der Waals surface area contributed by atoms with Gasteiger partial charge in [-0.05, 0) is 24.3 Å². The molecule has 0 saturated carbocycles. The zero-order chi connectivity index (χ0) is 21.1. The van der Waals surface area contributed by atoms with E-state index in [1.807, 2.05) is 0 Å². The summed E-state index contributed by atoms with van der Waals surface area (Å²) >= 11 is 12.2. The Morgan fingerprint density at radius 2 is 1.90 bits per heavy atom. The molecule has 1 heterocycles. The highest BCUT2D eigenvalue weighted by atomic mass is 35.5. The molecule has 3 rings (SSSR count). The summed E-state index contributed by atoms with van der Waals surface area (Å²) in [5.74, 6) is -0.529. The Labute approximate surface area is 174 Å². The second-order valence-electron chi connectivity index (χ2n) is 6.03. The number of urea groups is 1. The SMILES string of the molecule is NC(=O)Nc1c(C(=O)c2c(Cl)cccc2Cl)oc2cc(OCC(O)CO)ccc12. The first-order valence-electron chi connectivity index (χ1n) is 8.35. The number of ketones is 1. The van der Waals surface area contributed by atoms with Gasteiger partial charge in [0.15, 0.2) is 5.76 Å². The molecule has 0 aliphatic carbocycles. The Bertz CT molecular complexity index is 1060. The summed E-state index contributed by atoms with van der Waals surface area (Å²) in [4.78, 5) is 24.5. The number of rotatable bonds is 7. The molecule has 3 aromatic rings. The van der Waals surface area contributed by atoms with Crippen molar-refractivity contribution in [3.8, 4) is 5.75 Å². The van der Waals surface area contributed by atoms with Crippen LogP contribution < -0.4 is 15.8 Å². The second kappa shape index (κ2) is 8.71. The van der Waals surface area contributed by atoms with Gasteiger partial charge in [0, 0.05) is 11.5 Å². The topological polar surface area (TPSA) is 135 Å². The van der Waals surface area contributed by atoms with Gasteiger partial charge in [0.25, 0.3) is 0 Å². The van der Waals surface area contributed by atoms with Crippen molar-refractivity contribution < 1.29 is 29.0 Å². The molecule has 0 aliphatic heterocycles. The normalized spacial score (nSPS) is 12.0. The molecule has 2 amide bonds. The summed E-state index contributed by atoms with van der Waals surface area (Å²) in [5, 5.41) is 21.3.